The molecular weight excluding hydrogens is 435 g/mol. The monoisotopic (exact) mass is 448 g/mol. The maximum Gasteiger partial charge on any atom is 0.276 e. The van der Waals surface area contributed by atoms with Crippen molar-refractivity contribution < 1.29 is 14.3 Å². The van der Waals surface area contributed by atoms with Gasteiger partial charge >= 0.3 is 0 Å². The first-order valence-corrected chi connectivity index (χ1v) is 9.89. The Morgan fingerprint density at radius 2 is 1.48 bits per heavy atom. The average molecular weight is 450 g/mol. The number of nitrogens with one attached hydrogen (secondary N) is 1. The molecule has 0 spiro atoms. The van der Waals surface area contributed by atoms with Crippen LogP contribution in [0.25, 0.3) is 22.5 Å². The Morgan fingerprint density at radius 3 is 2.17 bits per heavy atom. The van der Waals surface area contributed by atoms with Crippen LogP contribution >= 0.6 is 34.8 Å². The molecule has 8 heteroatoms. The molecule has 0 saturated heterocycles. The van der Waals surface area contributed by atoms with Crippen molar-refractivity contribution in [2.45, 2.75) is 3.79 Å². The summed E-state index contributed by atoms with van der Waals surface area (Å²) < 4.78 is 9.20. The van der Waals surface area contributed by atoms with Crippen molar-refractivity contribution in [2.24, 2.45) is 0 Å². The van der Waals surface area contributed by atoms with Crippen LogP contribution in [0.2, 0.25) is 0 Å². The Kier molecular flexibility index (Phi) is 5.54. The Bertz CT molecular complexity index is 1050. The standard InChI is InChI=1S/C21H15Cl3N2O3/c22-21(23,24)20(27)25-15-7-4-13(5-8-15)16-2-1-3-17(26-16)14-6-9-18-19(12-14)29-11-10-28-18/h1-9,12H,10-11H2,(H,25,27). The molecule has 5 nitrogen and oxygen atoms in total. The number of fused-ring (bicyclic) bond motifs is 1. The van der Waals surface area contributed by atoms with Gasteiger partial charge in [0.05, 0.1) is 11.4 Å². The van der Waals surface area contributed by atoms with Crippen molar-refractivity contribution in [3.8, 4) is 34.0 Å². The first-order chi connectivity index (χ1) is 13.9. The van der Waals surface area contributed by atoms with Gasteiger partial charge in [-0.05, 0) is 42.5 Å². The number of rotatable bonds is 3. The van der Waals surface area contributed by atoms with Crippen LogP contribution in [0.15, 0.2) is 60.7 Å². The molecule has 148 valence electrons. The first kappa shape index (κ1) is 19.8. The van der Waals surface area contributed by atoms with Crippen LogP contribution in [0, 0.1) is 0 Å². The Labute approximate surface area is 182 Å². The molecule has 2 heterocycles. The van der Waals surface area contributed by atoms with E-state index in [0.717, 1.165) is 34.0 Å². The lowest BCUT2D eigenvalue weighted by Crippen LogP contribution is -2.26. The van der Waals surface area contributed by atoms with E-state index >= 15 is 0 Å². The van der Waals surface area contributed by atoms with E-state index in [1.54, 1.807) is 12.1 Å². The van der Waals surface area contributed by atoms with Gasteiger partial charge in [-0.15, -0.1) is 0 Å². The van der Waals surface area contributed by atoms with Crippen LogP contribution in [0.1, 0.15) is 0 Å². The highest BCUT2D eigenvalue weighted by Gasteiger charge is 2.30. The summed E-state index contributed by atoms with van der Waals surface area (Å²) in [5.41, 5.74) is 3.94. The molecule has 3 aromatic rings. The molecule has 0 aliphatic carbocycles. The largest absolute Gasteiger partial charge is 0.486 e. The second kappa shape index (κ2) is 8.11. The third-order valence-electron chi connectivity index (χ3n) is 4.28. The van der Waals surface area contributed by atoms with Crippen LogP contribution in [0.3, 0.4) is 0 Å². The number of ether oxygens (including phenoxy) is 2. The first-order valence-electron chi connectivity index (χ1n) is 8.76. The fraction of sp³-hybridized carbons (Fsp3) is 0.143. The number of anilines is 1. The van der Waals surface area contributed by atoms with Crippen LogP contribution < -0.4 is 14.8 Å². The number of alkyl halides is 3. The summed E-state index contributed by atoms with van der Waals surface area (Å²) in [6.45, 7) is 1.09. The van der Waals surface area contributed by atoms with Crippen molar-refractivity contribution in [1.29, 1.82) is 0 Å². The quantitative estimate of drug-likeness (QED) is 0.537. The number of benzene rings is 2. The highest BCUT2D eigenvalue weighted by Crippen LogP contribution is 2.34. The molecule has 1 amide bonds. The lowest BCUT2D eigenvalue weighted by molar-refractivity contribution is -0.115. The van der Waals surface area contributed by atoms with Crippen molar-refractivity contribution in [1.82, 2.24) is 4.98 Å². The molecule has 1 N–H and O–H groups in total. The molecule has 1 aliphatic rings. The lowest BCUT2D eigenvalue weighted by Gasteiger charge is -2.18. The zero-order chi connectivity index (χ0) is 20.4. The van der Waals surface area contributed by atoms with Gasteiger partial charge in [-0.2, -0.15) is 0 Å². The van der Waals surface area contributed by atoms with Gasteiger partial charge in [0.2, 0.25) is 0 Å². The average Bonchev–Trinajstić information content (AvgIpc) is 2.73. The van der Waals surface area contributed by atoms with E-state index in [1.165, 1.54) is 0 Å². The summed E-state index contributed by atoms with van der Waals surface area (Å²) >= 11 is 16.7. The molecule has 4 rings (SSSR count). The van der Waals surface area contributed by atoms with Crippen LogP contribution in [-0.2, 0) is 4.79 Å². The van der Waals surface area contributed by atoms with Crippen molar-refractivity contribution >= 4 is 46.4 Å². The Hall–Kier alpha value is -2.47. The summed E-state index contributed by atoms with van der Waals surface area (Å²) in [6, 6.07) is 18.7. The van der Waals surface area contributed by atoms with Gasteiger partial charge < -0.3 is 14.8 Å². The van der Waals surface area contributed by atoms with E-state index in [4.69, 9.17) is 49.3 Å². The third-order valence-corrected chi connectivity index (χ3v) is 4.80. The number of nitrogens with zero attached hydrogens (tertiary/aromatic N) is 1. The van der Waals surface area contributed by atoms with E-state index in [2.05, 4.69) is 5.32 Å². The van der Waals surface area contributed by atoms with E-state index in [0.29, 0.717) is 18.9 Å². The number of carbonyl (C=O) groups is 1. The van der Waals surface area contributed by atoms with Crippen molar-refractivity contribution in [3.05, 3.63) is 60.7 Å². The molecule has 0 bridgehead atoms. The molecule has 0 saturated carbocycles. The Morgan fingerprint density at radius 1 is 0.862 bits per heavy atom. The molecule has 1 aliphatic heterocycles. The normalized spacial score (nSPS) is 13.1. The minimum atomic E-state index is -2.02. The van der Waals surface area contributed by atoms with E-state index in [1.807, 2.05) is 48.5 Å². The number of hydrogen-bond acceptors (Lipinski definition) is 4. The van der Waals surface area contributed by atoms with Crippen LogP contribution in [-0.4, -0.2) is 27.9 Å². The van der Waals surface area contributed by atoms with Gasteiger partial charge in [0.25, 0.3) is 9.70 Å². The van der Waals surface area contributed by atoms with Gasteiger partial charge in [-0.1, -0.05) is 53.0 Å². The van der Waals surface area contributed by atoms with E-state index in [9.17, 15) is 4.79 Å². The summed E-state index contributed by atoms with van der Waals surface area (Å²) in [4.78, 5) is 16.5. The molecular formula is C21H15Cl3N2O3. The highest BCUT2D eigenvalue weighted by molar-refractivity contribution is 6.76. The third kappa shape index (κ3) is 4.58. The van der Waals surface area contributed by atoms with Crippen LogP contribution in [0.5, 0.6) is 11.5 Å². The zero-order valence-electron chi connectivity index (χ0n) is 15.0. The predicted octanol–water partition coefficient (Wildman–Crippen LogP) is 5.50. The van der Waals surface area contributed by atoms with E-state index in [-0.39, 0.29) is 0 Å². The van der Waals surface area contributed by atoms with Crippen LogP contribution in [0.4, 0.5) is 5.69 Å². The van der Waals surface area contributed by atoms with Gasteiger partial charge in [-0.25, -0.2) is 4.98 Å². The van der Waals surface area contributed by atoms with Gasteiger partial charge in [0, 0.05) is 16.8 Å². The van der Waals surface area contributed by atoms with Gasteiger partial charge in [-0.3, -0.25) is 4.79 Å². The highest BCUT2D eigenvalue weighted by atomic mass is 35.6. The maximum atomic E-state index is 11.8. The second-order valence-electron chi connectivity index (χ2n) is 6.30. The number of halogens is 3. The molecule has 0 atom stereocenters. The summed E-state index contributed by atoms with van der Waals surface area (Å²) in [6.07, 6.45) is 0. The molecule has 2 aromatic carbocycles. The molecule has 29 heavy (non-hydrogen) atoms. The minimum Gasteiger partial charge on any atom is -0.486 e. The van der Waals surface area contributed by atoms with Crippen molar-refractivity contribution in [3.63, 3.8) is 0 Å². The van der Waals surface area contributed by atoms with E-state index < -0.39 is 9.70 Å². The summed E-state index contributed by atoms with van der Waals surface area (Å²) in [5, 5.41) is 2.55. The number of hydrogen-bond donors (Lipinski definition) is 1. The number of aromatic nitrogens is 1. The molecule has 0 fully saturated rings. The molecule has 1 aromatic heterocycles. The summed E-state index contributed by atoms with van der Waals surface area (Å²) in [7, 11) is 0. The molecule has 0 unspecified atom stereocenters. The number of carbonyl (C=O) groups excluding carboxylic acids is 1. The fourth-order valence-electron chi connectivity index (χ4n) is 2.89. The van der Waals surface area contributed by atoms with Gasteiger partial charge in [0.15, 0.2) is 11.5 Å². The number of amides is 1. The second-order valence-corrected chi connectivity index (χ2v) is 8.58. The molecule has 0 radical (unpaired) electrons. The smallest absolute Gasteiger partial charge is 0.276 e. The SMILES string of the molecule is O=C(Nc1ccc(-c2cccc(-c3ccc4c(c3)OCCO4)n2)cc1)C(Cl)(Cl)Cl. The van der Waals surface area contributed by atoms with Crippen molar-refractivity contribution in [2.75, 3.05) is 18.5 Å². The predicted molar refractivity (Wildman–Crippen MR) is 115 cm³/mol. The fourth-order valence-corrected chi connectivity index (χ4v) is 3.03. The maximum absolute atomic E-state index is 11.8. The Balaban J connectivity index is 1.57. The minimum absolute atomic E-state index is 0.521. The lowest BCUT2D eigenvalue weighted by atomic mass is 10.1. The van der Waals surface area contributed by atoms with Gasteiger partial charge in [0.1, 0.15) is 13.2 Å². The zero-order valence-corrected chi connectivity index (χ0v) is 17.3. The topological polar surface area (TPSA) is 60.5 Å². The summed E-state index contributed by atoms with van der Waals surface area (Å²) in [5.74, 6) is 0.743. The number of pyridine rings is 1.